The van der Waals surface area contributed by atoms with Crippen LogP contribution < -0.4 is 15.4 Å². The molecular weight excluding hydrogens is 712 g/mol. The summed E-state index contributed by atoms with van der Waals surface area (Å²) < 4.78 is 28.1. The summed E-state index contributed by atoms with van der Waals surface area (Å²) in [5.41, 5.74) is 5.97. The molecule has 2 aromatic heterocycles. The summed E-state index contributed by atoms with van der Waals surface area (Å²) in [6.45, 7) is 15.7. The zero-order valence-corrected chi connectivity index (χ0v) is 33.1. The van der Waals surface area contributed by atoms with Crippen molar-refractivity contribution in [3.8, 4) is 22.8 Å². The number of morpholine rings is 1. The van der Waals surface area contributed by atoms with E-state index in [2.05, 4.69) is 73.5 Å². The molecule has 0 spiro atoms. The van der Waals surface area contributed by atoms with E-state index in [4.69, 9.17) is 9.47 Å². The Morgan fingerprint density at radius 2 is 1.57 bits per heavy atom. The van der Waals surface area contributed by atoms with Crippen LogP contribution in [0.3, 0.4) is 0 Å². The first kappa shape index (κ1) is 39.5. The predicted octanol–water partition coefficient (Wildman–Crippen LogP) is 5.55. The number of carbonyl (C=O) groups excluding carboxylic acids is 2. The van der Waals surface area contributed by atoms with Gasteiger partial charge >= 0.3 is 0 Å². The van der Waals surface area contributed by atoms with Crippen LogP contribution in [0.2, 0.25) is 0 Å². The molecular formula is C43H55FN8O4. The van der Waals surface area contributed by atoms with Gasteiger partial charge in [0.05, 0.1) is 19.4 Å². The predicted molar refractivity (Wildman–Crippen MR) is 213 cm³/mol. The van der Waals surface area contributed by atoms with Gasteiger partial charge in [0.2, 0.25) is 5.88 Å². The number of carbonyl (C=O) groups is 2. The van der Waals surface area contributed by atoms with Crippen LogP contribution in [-0.2, 0) is 24.9 Å². The Bertz CT molecular complexity index is 1960. The highest BCUT2D eigenvalue weighted by Gasteiger charge is 2.27. The SMILES string of the molecule is Cc1cc(C(=O)N[C@H]2CC[C@H](NC(=O)c3cc(F)cnc3Oc3cccc(-c4ccc(CN5CCN(C(C)C)CC5)cc4CN4CCOCC4)c3)CC2)nn1C. The van der Waals surface area contributed by atoms with E-state index in [0.29, 0.717) is 43.2 Å². The highest BCUT2D eigenvalue weighted by atomic mass is 19.1. The Kier molecular flexibility index (Phi) is 12.7. The lowest BCUT2D eigenvalue weighted by Gasteiger charge is -2.37. The molecule has 4 heterocycles. The second kappa shape index (κ2) is 18.1. The van der Waals surface area contributed by atoms with Crippen LogP contribution in [-0.4, -0.2) is 112 Å². The number of ether oxygens (including phenoxy) is 2. The minimum Gasteiger partial charge on any atom is -0.438 e. The number of amides is 2. The van der Waals surface area contributed by atoms with Gasteiger partial charge < -0.3 is 20.1 Å². The lowest BCUT2D eigenvalue weighted by molar-refractivity contribution is 0.0342. The fraction of sp³-hybridized carbons (Fsp3) is 0.488. The van der Waals surface area contributed by atoms with Crippen LogP contribution in [0.4, 0.5) is 4.39 Å². The minimum atomic E-state index is -0.623. The molecule has 7 rings (SSSR count). The van der Waals surface area contributed by atoms with Crippen LogP contribution in [0.15, 0.2) is 60.8 Å². The molecule has 2 aromatic carbocycles. The molecule has 2 N–H and O–H groups in total. The topological polar surface area (TPSA) is 117 Å². The number of pyridine rings is 1. The van der Waals surface area contributed by atoms with E-state index < -0.39 is 11.7 Å². The molecule has 56 heavy (non-hydrogen) atoms. The number of hydrogen-bond donors (Lipinski definition) is 2. The number of halogens is 1. The number of nitrogens with one attached hydrogen (secondary N) is 2. The van der Waals surface area contributed by atoms with Crippen molar-refractivity contribution in [3.63, 3.8) is 0 Å². The molecule has 2 saturated heterocycles. The third-order valence-corrected chi connectivity index (χ3v) is 11.4. The molecule has 0 atom stereocenters. The van der Waals surface area contributed by atoms with Crippen molar-refractivity contribution in [2.45, 2.75) is 77.7 Å². The van der Waals surface area contributed by atoms with Gasteiger partial charge in [0.1, 0.15) is 22.8 Å². The van der Waals surface area contributed by atoms with Crippen LogP contribution in [0, 0.1) is 12.7 Å². The molecule has 12 nitrogen and oxygen atoms in total. The Morgan fingerprint density at radius 3 is 2.25 bits per heavy atom. The summed E-state index contributed by atoms with van der Waals surface area (Å²) >= 11 is 0. The zero-order valence-electron chi connectivity index (χ0n) is 33.1. The number of nitrogens with zero attached hydrogens (tertiary/aromatic N) is 6. The van der Waals surface area contributed by atoms with Crippen molar-refractivity contribution >= 4 is 11.8 Å². The summed E-state index contributed by atoms with van der Waals surface area (Å²) in [5.74, 6) is -0.737. The number of aryl methyl sites for hydroxylation is 2. The van der Waals surface area contributed by atoms with E-state index in [0.717, 1.165) is 88.6 Å². The molecule has 4 aromatic rings. The van der Waals surface area contributed by atoms with Crippen LogP contribution in [0.5, 0.6) is 11.6 Å². The summed E-state index contributed by atoms with van der Waals surface area (Å²) in [6, 6.07) is 17.9. The van der Waals surface area contributed by atoms with Gasteiger partial charge in [-0.2, -0.15) is 5.10 Å². The van der Waals surface area contributed by atoms with Gasteiger partial charge in [0.15, 0.2) is 0 Å². The molecule has 2 aliphatic heterocycles. The van der Waals surface area contributed by atoms with Crippen molar-refractivity contribution < 1.29 is 23.5 Å². The average molecular weight is 767 g/mol. The molecule has 3 aliphatic rings. The van der Waals surface area contributed by atoms with E-state index in [-0.39, 0.29) is 29.4 Å². The third kappa shape index (κ3) is 9.99. The van der Waals surface area contributed by atoms with Gasteiger partial charge in [0, 0.05) is 83.2 Å². The van der Waals surface area contributed by atoms with E-state index in [1.807, 2.05) is 25.1 Å². The van der Waals surface area contributed by atoms with E-state index >= 15 is 0 Å². The summed E-state index contributed by atoms with van der Waals surface area (Å²) in [5, 5.41) is 10.4. The highest BCUT2D eigenvalue weighted by Crippen LogP contribution is 2.32. The Labute approximate surface area is 329 Å². The largest absolute Gasteiger partial charge is 0.438 e. The van der Waals surface area contributed by atoms with Gasteiger partial charge in [-0.05, 0) is 93.0 Å². The van der Waals surface area contributed by atoms with Gasteiger partial charge in [-0.15, -0.1) is 0 Å². The van der Waals surface area contributed by atoms with Gasteiger partial charge in [-0.3, -0.25) is 29.0 Å². The van der Waals surface area contributed by atoms with E-state index in [1.54, 1.807) is 17.8 Å². The molecule has 2 amide bonds. The smallest absolute Gasteiger partial charge is 0.272 e. The van der Waals surface area contributed by atoms with Crippen LogP contribution in [0.25, 0.3) is 11.1 Å². The Hall–Kier alpha value is -4.69. The van der Waals surface area contributed by atoms with Crippen molar-refractivity contribution in [1.29, 1.82) is 0 Å². The minimum absolute atomic E-state index is 0.0173. The molecule has 1 saturated carbocycles. The summed E-state index contributed by atoms with van der Waals surface area (Å²) in [6.07, 6.45) is 3.79. The maximum Gasteiger partial charge on any atom is 0.272 e. The number of rotatable bonds is 12. The maximum atomic E-state index is 14.6. The van der Waals surface area contributed by atoms with Gasteiger partial charge in [-0.1, -0.05) is 30.3 Å². The molecule has 0 unspecified atom stereocenters. The number of hydrogen-bond acceptors (Lipinski definition) is 9. The third-order valence-electron chi connectivity index (χ3n) is 11.4. The van der Waals surface area contributed by atoms with Crippen molar-refractivity contribution in [2.24, 2.45) is 7.05 Å². The normalized spacial score (nSPS) is 19.9. The lowest BCUT2D eigenvalue weighted by atomic mass is 9.91. The molecule has 0 radical (unpaired) electrons. The van der Waals surface area contributed by atoms with Crippen molar-refractivity contribution in [2.75, 3.05) is 52.5 Å². The lowest BCUT2D eigenvalue weighted by Crippen LogP contribution is -2.48. The van der Waals surface area contributed by atoms with E-state index in [1.165, 1.54) is 17.2 Å². The van der Waals surface area contributed by atoms with E-state index in [9.17, 15) is 14.0 Å². The number of piperazine rings is 1. The van der Waals surface area contributed by atoms with Crippen LogP contribution in [0.1, 0.15) is 77.2 Å². The van der Waals surface area contributed by atoms with Gasteiger partial charge in [-0.25, -0.2) is 9.37 Å². The molecule has 0 bridgehead atoms. The fourth-order valence-corrected chi connectivity index (χ4v) is 7.94. The average Bonchev–Trinajstić information content (AvgIpc) is 3.54. The Morgan fingerprint density at radius 1 is 0.875 bits per heavy atom. The quantitative estimate of drug-likeness (QED) is 0.192. The van der Waals surface area contributed by atoms with Crippen molar-refractivity contribution in [1.82, 2.24) is 40.1 Å². The molecule has 298 valence electrons. The number of benzene rings is 2. The summed E-state index contributed by atoms with van der Waals surface area (Å²) in [4.78, 5) is 38.1. The standard InChI is InChI=1S/C43H55FN8O4/c1-29(2)52-16-14-50(15-17-52)27-31-8-13-38(33(23-31)28-51-18-20-55-21-19-51)32-6-5-7-37(24-32)56-43-39(25-34(44)26-45-43)41(53)46-35-9-11-36(12-10-35)47-42(54)40-22-30(3)49(4)48-40/h5-8,13,22-26,29,35-36H,9-12,14-21,27-28H2,1-4H3,(H,46,53)(H,47,54)/t35-,36-. The second-order valence-electron chi connectivity index (χ2n) is 15.7. The van der Waals surface area contributed by atoms with Crippen LogP contribution >= 0.6 is 0 Å². The van der Waals surface area contributed by atoms with Gasteiger partial charge in [0.25, 0.3) is 11.8 Å². The highest BCUT2D eigenvalue weighted by molar-refractivity contribution is 5.96. The summed E-state index contributed by atoms with van der Waals surface area (Å²) in [7, 11) is 1.81. The molecule has 1 aliphatic carbocycles. The zero-order chi connectivity index (χ0) is 39.2. The molecule has 13 heteroatoms. The maximum absolute atomic E-state index is 14.6. The monoisotopic (exact) mass is 766 g/mol. The Balaban J connectivity index is 1.02. The number of aromatic nitrogens is 3. The first-order valence-corrected chi connectivity index (χ1v) is 20.0. The first-order chi connectivity index (χ1) is 27.1. The molecule has 3 fully saturated rings. The first-order valence-electron chi connectivity index (χ1n) is 20.0. The second-order valence-corrected chi connectivity index (χ2v) is 15.7. The fourth-order valence-electron chi connectivity index (χ4n) is 7.94. The van der Waals surface area contributed by atoms with Crippen molar-refractivity contribution in [3.05, 3.63) is 94.7 Å².